The van der Waals surface area contributed by atoms with Gasteiger partial charge in [0.1, 0.15) is 0 Å². The first-order valence-corrected chi connectivity index (χ1v) is 9.58. The van der Waals surface area contributed by atoms with Crippen molar-refractivity contribution in [2.24, 2.45) is 5.92 Å². The van der Waals surface area contributed by atoms with Crippen molar-refractivity contribution >= 4 is 16.8 Å². The van der Waals surface area contributed by atoms with Crippen LogP contribution >= 0.6 is 0 Å². The zero-order valence-corrected chi connectivity index (χ0v) is 15.3. The van der Waals surface area contributed by atoms with Crippen LogP contribution in [0.25, 0.3) is 10.9 Å². The number of nitrogens with zero attached hydrogens (tertiary/aromatic N) is 3. The number of hydrogen-bond acceptors (Lipinski definition) is 3. The third-order valence-corrected chi connectivity index (χ3v) is 5.69. The first-order chi connectivity index (χ1) is 13.6. The number of nitriles is 1. The van der Waals surface area contributed by atoms with Gasteiger partial charge >= 0.3 is 0 Å². The van der Waals surface area contributed by atoms with Gasteiger partial charge in [-0.25, -0.2) is 4.98 Å². The molecule has 0 radical (unpaired) electrons. The number of amides is 1. The summed E-state index contributed by atoms with van der Waals surface area (Å²) in [6.07, 6.45) is 3.46. The number of fused-ring (bicyclic) bond motifs is 3. The van der Waals surface area contributed by atoms with Crippen LogP contribution in [0.1, 0.15) is 35.4 Å². The first kappa shape index (κ1) is 16.9. The van der Waals surface area contributed by atoms with Crippen LogP contribution in [0.5, 0.6) is 0 Å². The van der Waals surface area contributed by atoms with Gasteiger partial charge in [-0.05, 0) is 55.2 Å². The number of rotatable bonds is 4. The molecule has 0 spiro atoms. The molecule has 6 heteroatoms. The maximum absolute atomic E-state index is 13.6. The van der Waals surface area contributed by atoms with Gasteiger partial charge in [0.05, 0.1) is 23.9 Å². The van der Waals surface area contributed by atoms with Gasteiger partial charge in [-0.2, -0.15) is 9.65 Å². The van der Waals surface area contributed by atoms with E-state index >= 15 is 0 Å². The summed E-state index contributed by atoms with van der Waals surface area (Å²) in [6.45, 7) is 0.457. The van der Waals surface area contributed by atoms with Crippen molar-refractivity contribution in [3.8, 4) is 6.07 Å². The molecule has 2 heterocycles. The molecule has 0 aliphatic heterocycles. The van der Waals surface area contributed by atoms with Gasteiger partial charge in [-0.3, -0.25) is 4.79 Å². The van der Waals surface area contributed by atoms with Crippen molar-refractivity contribution in [1.82, 2.24) is 14.9 Å². The minimum atomic E-state index is -0.494. The Labute approximate surface area is 161 Å². The van der Waals surface area contributed by atoms with Gasteiger partial charge in [-0.1, -0.05) is 6.07 Å². The fraction of sp³-hybridized carbons (Fsp3) is 0.318. The van der Waals surface area contributed by atoms with Crippen LogP contribution in [0.4, 0.5) is 4.39 Å². The first-order valence-electron chi connectivity index (χ1n) is 9.58. The number of carbonyl (C=O) groups excluding carboxylic acids is 1. The fourth-order valence-corrected chi connectivity index (χ4v) is 4.21. The summed E-state index contributed by atoms with van der Waals surface area (Å²) >= 11 is 0. The molecule has 3 aromatic rings. The average Bonchev–Trinajstić information content (AvgIpc) is 3.41. The standard InChI is InChI=1S/C22H19FN4O/c23-21-3-1-2-15(25-21)12-27-19-7-4-13(11-24)8-17(19)18-9-16(10-20(18)27)26-22(28)14-5-6-14/h1-4,7-8,14,16H,5-6,9-10,12H2,(H,26,28)/t16-/m0/s1. The predicted octanol–water partition coefficient (Wildman–Crippen LogP) is 3.09. The molecule has 1 N–H and O–H groups in total. The molecule has 1 fully saturated rings. The van der Waals surface area contributed by atoms with Gasteiger partial charge in [-0.15, -0.1) is 0 Å². The van der Waals surface area contributed by atoms with E-state index in [-0.39, 0.29) is 17.9 Å². The number of hydrogen-bond donors (Lipinski definition) is 1. The summed E-state index contributed by atoms with van der Waals surface area (Å²) in [4.78, 5) is 16.2. The Kier molecular flexibility index (Phi) is 3.90. The monoisotopic (exact) mass is 374 g/mol. The number of pyridine rings is 1. The molecule has 28 heavy (non-hydrogen) atoms. The van der Waals surface area contributed by atoms with Crippen molar-refractivity contribution in [2.75, 3.05) is 0 Å². The molecule has 1 aromatic carbocycles. The van der Waals surface area contributed by atoms with Crippen molar-refractivity contribution in [3.63, 3.8) is 0 Å². The maximum atomic E-state index is 13.6. The second-order valence-corrected chi connectivity index (χ2v) is 7.69. The predicted molar refractivity (Wildman–Crippen MR) is 102 cm³/mol. The van der Waals surface area contributed by atoms with Crippen molar-refractivity contribution < 1.29 is 9.18 Å². The Morgan fingerprint density at radius 2 is 2.14 bits per heavy atom. The van der Waals surface area contributed by atoms with Gasteiger partial charge in [0.15, 0.2) is 0 Å². The highest BCUT2D eigenvalue weighted by atomic mass is 19.1. The van der Waals surface area contributed by atoms with Gasteiger partial charge in [0, 0.05) is 35.0 Å². The summed E-state index contributed by atoms with van der Waals surface area (Å²) in [5.41, 5.74) is 4.58. The lowest BCUT2D eigenvalue weighted by atomic mass is 10.1. The van der Waals surface area contributed by atoms with E-state index in [0.29, 0.717) is 17.8 Å². The molecule has 5 rings (SSSR count). The SMILES string of the molecule is N#Cc1ccc2c(c1)c1c(n2Cc2cccc(F)n2)C[C@@H](NC(=O)C2CC2)C1. The Bertz CT molecular complexity index is 1140. The molecule has 5 nitrogen and oxygen atoms in total. The molecule has 0 unspecified atom stereocenters. The van der Waals surface area contributed by atoms with Crippen LogP contribution < -0.4 is 5.32 Å². The Morgan fingerprint density at radius 3 is 2.89 bits per heavy atom. The number of nitrogens with one attached hydrogen (secondary N) is 1. The minimum Gasteiger partial charge on any atom is -0.352 e. The lowest BCUT2D eigenvalue weighted by Gasteiger charge is -2.14. The molecule has 2 aromatic heterocycles. The second-order valence-electron chi connectivity index (χ2n) is 7.69. The van der Waals surface area contributed by atoms with Crippen LogP contribution in [-0.4, -0.2) is 21.5 Å². The summed E-state index contributed by atoms with van der Waals surface area (Å²) in [6, 6.07) is 12.7. The Balaban J connectivity index is 1.54. The van der Waals surface area contributed by atoms with Crippen LogP contribution in [0, 0.1) is 23.2 Å². The average molecular weight is 374 g/mol. The number of benzene rings is 1. The maximum Gasteiger partial charge on any atom is 0.223 e. The van der Waals surface area contributed by atoms with E-state index in [2.05, 4.69) is 20.9 Å². The molecule has 0 saturated heterocycles. The van der Waals surface area contributed by atoms with Crippen LogP contribution in [-0.2, 0) is 24.2 Å². The van der Waals surface area contributed by atoms with Crippen molar-refractivity contribution in [3.05, 3.63) is 64.9 Å². The molecule has 140 valence electrons. The highest BCUT2D eigenvalue weighted by Crippen LogP contribution is 2.35. The van der Waals surface area contributed by atoms with E-state index in [4.69, 9.17) is 0 Å². The molecular weight excluding hydrogens is 355 g/mol. The van der Waals surface area contributed by atoms with E-state index in [1.54, 1.807) is 12.1 Å². The normalized spacial score (nSPS) is 18.1. The van der Waals surface area contributed by atoms with Crippen LogP contribution in [0.15, 0.2) is 36.4 Å². The third-order valence-electron chi connectivity index (χ3n) is 5.69. The van der Waals surface area contributed by atoms with Gasteiger partial charge in [0.2, 0.25) is 11.9 Å². The van der Waals surface area contributed by atoms with Crippen LogP contribution in [0.3, 0.4) is 0 Å². The smallest absolute Gasteiger partial charge is 0.223 e. The van der Waals surface area contributed by atoms with E-state index in [1.807, 2.05) is 18.2 Å². The molecule has 1 atom stereocenters. The zero-order chi connectivity index (χ0) is 19.3. The van der Waals surface area contributed by atoms with E-state index in [9.17, 15) is 14.4 Å². The number of halogens is 1. The Morgan fingerprint density at radius 1 is 1.29 bits per heavy atom. The highest BCUT2D eigenvalue weighted by Gasteiger charge is 2.34. The van der Waals surface area contributed by atoms with E-state index in [1.165, 1.54) is 11.6 Å². The molecule has 1 amide bonds. The molecule has 2 aliphatic rings. The second kappa shape index (κ2) is 6.45. The number of aromatic nitrogens is 2. The molecular formula is C22H19FN4O. The minimum absolute atomic E-state index is 0.0694. The molecule has 1 saturated carbocycles. The quantitative estimate of drug-likeness (QED) is 0.714. The van der Waals surface area contributed by atoms with Gasteiger partial charge in [0.25, 0.3) is 0 Å². The molecule has 2 aliphatic carbocycles. The zero-order valence-electron chi connectivity index (χ0n) is 15.3. The summed E-state index contributed by atoms with van der Waals surface area (Å²) in [7, 11) is 0. The summed E-state index contributed by atoms with van der Waals surface area (Å²) < 4.78 is 15.7. The summed E-state index contributed by atoms with van der Waals surface area (Å²) in [5.74, 6) is -0.164. The topological polar surface area (TPSA) is 70.7 Å². The van der Waals surface area contributed by atoms with Crippen LogP contribution in [0.2, 0.25) is 0 Å². The number of carbonyl (C=O) groups is 1. The highest BCUT2D eigenvalue weighted by molar-refractivity contribution is 5.88. The largest absolute Gasteiger partial charge is 0.352 e. The van der Waals surface area contributed by atoms with E-state index in [0.717, 1.165) is 42.3 Å². The lowest BCUT2D eigenvalue weighted by Crippen LogP contribution is -2.36. The lowest BCUT2D eigenvalue weighted by molar-refractivity contribution is -0.122. The Hall–Kier alpha value is -3.20. The van der Waals surface area contributed by atoms with E-state index < -0.39 is 5.95 Å². The molecule has 0 bridgehead atoms. The third kappa shape index (κ3) is 2.93. The summed E-state index contributed by atoms with van der Waals surface area (Å²) in [5, 5.41) is 13.5. The van der Waals surface area contributed by atoms with Crippen molar-refractivity contribution in [2.45, 2.75) is 38.3 Å². The van der Waals surface area contributed by atoms with Gasteiger partial charge < -0.3 is 9.88 Å². The fourth-order valence-electron chi connectivity index (χ4n) is 4.21. The van der Waals surface area contributed by atoms with Crippen molar-refractivity contribution in [1.29, 1.82) is 5.26 Å².